The minimum Gasteiger partial charge on any atom is -0.345 e. The molecule has 33 heavy (non-hydrogen) atoms. The number of allylic oxidation sites excluding steroid dienone is 2. The first-order valence-corrected chi connectivity index (χ1v) is 12.4. The van der Waals surface area contributed by atoms with Crippen LogP contribution in [-0.2, 0) is 12.0 Å². The third-order valence-electron chi connectivity index (χ3n) is 7.40. The van der Waals surface area contributed by atoms with Gasteiger partial charge in [-0.3, -0.25) is 4.98 Å². The predicted molar refractivity (Wildman–Crippen MR) is 142 cm³/mol. The van der Waals surface area contributed by atoms with E-state index in [0.717, 1.165) is 23.2 Å². The first kappa shape index (κ1) is 23.5. The summed E-state index contributed by atoms with van der Waals surface area (Å²) in [6.45, 7) is 14.1. The van der Waals surface area contributed by atoms with E-state index >= 15 is 0 Å². The normalized spacial score (nSPS) is 16.8. The van der Waals surface area contributed by atoms with E-state index in [0.29, 0.717) is 11.1 Å². The van der Waals surface area contributed by atoms with Crippen molar-refractivity contribution in [3.63, 3.8) is 0 Å². The van der Waals surface area contributed by atoms with Crippen LogP contribution < -0.4 is 0 Å². The first-order valence-electron chi connectivity index (χ1n) is 12.4. The molecule has 0 atom stereocenters. The molecule has 1 aromatic carbocycles. The van der Waals surface area contributed by atoms with E-state index in [4.69, 9.17) is 10.4 Å². The van der Waals surface area contributed by atoms with Crippen molar-refractivity contribution in [2.45, 2.75) is 85.6 Å². The SMILES string of the molecule is C/C=C(/C(C)=N)c1cnc2c(-c3ccc(C(C)(C)C)cc3)cn(CC3(C)CCCCC3)c2c1. The molecule has 1 aliphatic carbocycles. The molecule has 1 saturated carbocycles. The lowest BCUT2D eigenvalue weighted by Crippen LogP contribution is -2.25. The van der Waals surface area contributed by atoms with Gasteiger partial charge in [0.05, 0.1) is 11.0 Å². The zero-order valence-corrected chi connectivity index (χ0v) is 21.3. The van der Waals surface area contributed by atoms with Gasteiger partial charge in [0.15, 0.2) is 0 Å². The molecular weight excluding hydrogens is 402 g/mol. The molecule has 4 rings (SSSR count). The lowest BCUT2D eigenvalue weighted by molar-refractivity contribution is 0.185. The van der Waals surface area contributed by atoms with Gasteiger partial charge in [-0.15, -0.1) is 0 Å². The highest BCUT2D eigenvalue weighted by molar-refractivity contribution is 6.21. The lowest BCUT2D eigenvalue weighted by Gasteiger charge is -2.34. The van der Waals surface area contributed by atoms with E-state index in [1.165, 1.54) is 54.3 Å². The summed E-state index contributed by atoms with van der Waals surface area (Å²) in [6, 6.07) is 11.2. The van der Waals surface area contributed by atoms with E-state index in [-0.39, 0.29) is 5.41 Å². The van der Waals surface area contributed by atoms with Gasteiger partial charge in [0, 0.05) is 35.8 Å². The van der Waals surface area contributed by atoms with Gasteiger partial charge in [0.2, 0.25) is 0 Å². The molecule has 1 fully saturated rings. The fourth-order valence-corrected chi connectivity index (χ4v) is 5.38. The molecule has 3 nitrogen and oxygen atoms in total. The minimum absolute atomic E-state index is 0.142. The fourth-order valence-electron chi connectivity index (χ4n) is 5.38. The van der Waals surface area contributed by atoms with E-state index in [1.807, 2.05) is 26.1 Å². The van der Waals surface area contributed by atoms with Crippen LogP contribution in [0.15, 0.2) is 48.8 Å². The van der Waals surface area contributed by atoms with Crippen molar-refractivity contribution >= 4 is 22.3 Å². The molecule has 0 unspecified atom stereocenters. The Morgan fingerprint density at radius 3 is 2.36 bits per heavy atom. The molecule has 3 aromatic rings. The van der Waals surface area contributed by atoms with Crippen molar-refractivity contribution < 1.29 is 0 Å². The standard InChI is InChI=1S/C30H39N3/c1-7-25(21(2)31)23-17-27-28(32-18-23)26(22-11-13-24(14-12-22)29(3,4)5)19-33(27)20-30(6)15-9-8-10-16-30/h7,11-14,17-19,31H,8-10,15-16,20H2,1-6H3/b25-7-,31-21?. The lowest BCUT2D eigenvalue weighted by atomic mass is 9.75. The number of benzene rings is 1. The smallest absolute Gasteiger partial charge is 0.0959 e. The van der Waals surface area contributed by atoms with Crippen LogP contribution in [0.5, 0.6) is 0 Å². The van der Waals surface area contributed by atoms with E-state index in [1.54, 1.807) is 0 Å². The number of nitrogens with zero attached hydrogens (tertiary/aromatic N) is 2. The van der Waals surface area contributed by atoms with Crippen molar-refractivity contribution in [2.24, 2.45) is 5.41 Å². The summed E-state index contributed by atoms with van der Waals surface area (Å²) in [6.07, 6.45) is 12.9. The van der Waals surface area contributed by atoms with Crippen molar-refractivity contribution in [3.05, 3.63) is 59.9 Å². The molecule has 0 spiro atoms. The van der Waals surface area contributed by atoms with Crippen LogP contribution in [0.4, 0.5) is 0 Å². The number of nitrogens with one attached hydrogen (secondary N) is 1. The Bertz CT molecular complexity index is 1180. The van der Waals surface area contributed by atoms with Crippen LogP contribution in [0.25, 0.3) is 27.7 Å². The second kappa shape index (κ2) is 8.93. The molecule has 1 aliphatic rings. The van der Waals surface area contributed by atoms with Gasteiger partial charge in [0.25, 0.3) is 0 Å². The van der Waals surface area contributed by atoms with Crippen molar-refractivity contribution in [2.75, 3.05) is 0 Å². The van der Waals surface area contributed by atoms with Crippen LogP contribution >= 0.6 is 0 Å². The summed E-state index contributed by atoms with van der Waals surface area (Å²) in [4.78, 5) is 4.96. The number of fused-ring (bicyclic) bond motifs is 1. The molecule has 0 amide bonds. The van der Waals surface area contributed by atoms with Crippen LogP contribution in [-0.4, -0.2) is 15.3 Å². The second-order valence-electron chi connectivity index (χ2n) is 11.3. The molecule has 0 bridgehead atoms. The van der Waals surface area contributed by atoms with Crippen molar-refractivity contribution in [1.29, 1.82) is 5.41 Å². The van der Waals surface area contributed by atoms with Gasteiger partial charge in [-0.2, -0.15) is 0 Å². The van der Waals surface area contributed by atoms with Gasteiger partial charge in [-0.05, 0) is 60.3 Å². The van der Waals surface area contributed by atoms with E-state index < -0.39 is 0 Å². The first-order chi connectivity index (χ1) is 15.6. The molecule has 1 N–H and O–H groups in total. The summed E-state index contributed by atoms with van der Waals surface area (Å²) in [5.74, 6) is 0. The monoisotopic (exact) mass is 441 g/mol. The highest BCUT2D eigenvalue weighted by Gasteiger charge is 2.28. The molecule has 0 saturated heterocycles. The molecule has 0 aliphatic heterocycles. The summed E-state index contributed by atoms with van der Waals surface area (Å²) in [5, 5.41) is 8.19. The molecule has 2 aromatic heterocycles. The molecule has 3 heteroatoms. The second-order valence-corrected chi connectivity index (χ2v) is 11.3. The summed E-state index contributed by atoms with van der Waals surface area (Å²) in [5.41, 5.74) is 9.03. The van der Waals surface area contributed by atoms with Crippen molar-refractivity contribution in [1.82, 2.24) is 9.55 Å². The fraction of sp³-hybridized carbons (Fsp3) is 0.467. The molecule has 0 radical (unpaired) electrons. The van der Waals surface area contributed by atoms with E-state index in [2.05, 4.69) is 68.8 Å². The molecule has 2 heterocycles. The number of aromatic nitrogens is 2. The van der Waals surface area contributed by atoms with Crippen molar-refractivity contribution in [3.8, 4) is 11.1 Å². The highest BCUT2D eigenvalue weighted by Crippen LogP contribution is 2.40. The predicted octanol–water partition coefficient (Wildman–Crippen LogP) is 8.41. The van der Waals surface area contributed by atoms with Gasteiger partial charge in [-0.25, -0.2) is 0 Å². The molecular formula is C30H39N3. The van der Waals surface area contributed by atoms with Crippen LogP contribution in [0, 0.1) is 10.8 Å². The topological polar surface area (TPSA) is 41.7 Å². The maximum absolute atomic E-state index is 8.19. The maximum Gasteiger partial charge on any atom is 0.0959 e. The number of hydrogen-bond acceptors (Lipinski definition) is 2. The Morgan fingerprint density at radius 1 is 1.12 bits per heavy atom. The third kappa shape index (κ3) is 4.83. The Labute approximate surface area is 199 Å². The zero-order chi connectivity index (χ0) is 23.8. The zero-order valence-electron chi connectivity index (χ0n) is 21.3. The average molecular weight is 442 g/mol. The largest absolute Gasteiger partial charge is 0.345 e. The van der Waals surface area contributed by atoms with Gasteiger partial charge >= 0.3 is 0 Å². The quantitative estimate of drug-likeness (QED) is 0.397. The Hall–Kier alpha value is -2.68. The maximum atomic E-state index is 8.19. The minimum atomic E-state index is 0.142. The summed E-state index contributed by atoms with van der Waals surface area (Å²) < 4.78 is 2.44. The van der Waals surface area contributed by atoms with Gasteiger partial charge in [0.1, 0.15) is 0 Å². The Balaban J connectivity index is 1.84. The van der Waals surface area contributed by atoms with E-state index in [9.17, 15) is 0 Å². The van der Waals surface area contributed by atoms with Gasteiger partial charge < -0.3 is 9.98 Å². The summed E-state index contributed by atoms with van der Waals surface area (Å²) >= 11 is 0. The number of rotatable bonds is 5. The third-order valence-corrected chi connectivity index (χ3v) is 7.40. The Morgan fingerprint density at radius 2 is 1.79 bits per heavy atom. The van der Waals surface area contributed by atoms with Crippen LogP contribution in [0.3, 0.4) is 0 Å². The van der Waals surface area contributed by atoms with Gasteiger partial charge in [-0.1, -0.05) is 77.3 Å². The summed E-state index contributed by atoms with van der Waals surface area (Å²) in [7, 11) is 0. The Kier molecular flexibility index (Phi) is 6.35. The number of pyridine rings is 1. The highest BCUT2D eigenvalue weighted by atomic mass is 15.0. The average Bonchev–Trinajstić information content (AvgIpc) is 3.11. The molecule has 174 valence electrons. The van der Waals surface area contributed by atoms with Crippen LogP contribution in [0.2, 0.25) is 0 Å². The van der Waals surface area contributed by atoms with Crippen LogP contribution in [0.1, 0.15) is 84.8 Å². The number of hydrogen-bond donors (Lipinski definition) is 1.